The third-order valence-electron chi connectivity index (χ3n) is 3.98. The molecule has 3 rings (SSSR count). The monoisotopic (exact) mass is 334 g/mol. The van der Waals surface area contributed by atoms with Gasteiger partial charge >= 0.3 is 0 Å². The fourth-order valence-electron chi connectivity index (χ4n) is 2.73. The minimum absolute atomic E-state index is 0.0116. The first kappa shape index (κ1) is 15.7. The minimum atomic E-state index is -0.0116. The number of anilines is 1. The van der Waals surface area contributed by atoms with Crippen LogP contribution in [0.3, 0.4) is 0 Å². The molecule has 0 unspecified atom stereocenters. The Labute approximate surface area is 140 Å². The van der Waals surface area contributed by atoms with Gasteiger partial charge in [-0.2, -0.15) is 0 Å². The number of nitrogens with zero attached hydrogens (tertiary/aromatic N) is 4. The maximum absolute atomic E-state index is 11.7. The van der Waals surface area contributed by atoms with Gasteiger partial charge in [0.1, 0.15) is 11.6 Å². The van der Waals surface area contributed by atoms with E-state index in [-0.39, 0.29) is 11.8 Å². The van der Waals surface area contributed by atoms with Crippen molar-refractivity contribution in [2.24, 2.45) is 0 Å². The Morgan fingerprint density at radius 1 is 1.30 bits per heavy atom. The van der Waals surface area contributed by atoms with Crippen LogP contribution in [0.4, 0.5) is 5.95 Å². The Balaban J connectivity index is 1.78. The van der Waals surface area contributed by atoms with Gasteiger partial charge in [0.2, 0.25) is 11.9 Å². The lowest BCUT2D eigenvalue weighted by molar-refractivity contribution is -0.128. The second-order valence-electron chi connectivity index (χ2n) is 5.30. The number of hydrogen-bond acceptors (Lipinski definition) is 4. The van der Waals surface area contributed by atoms with Crippen molar-refractivity contribution < 1.29 is 9.53 Å². The Hall–Kier alpha value is -2.21. The summed E-state index contributed by atoms with van der Waals surface area (Å²) in [6.45, 7) is 2.81. The molecule has 0 radical (unpaired) electrons. The Morgan fingerprint density at radius 3 is 2.78 bits per heavy atom. The lowest BCUT2D eigenvalue weighted by Crippen LogP contribution is -2.49. The topological polar surface area (TPSA) is 50.6 Å². The van der Waals surface area contributed by atoms with E-state index >= 15 is 0 Å². The summed E-state index contributed by atoms with van der Waals surface area (Å²) in [5.41, 5.74) is 0.996. The first-order valence-electron chi connectivity index (χ1n) is 7.49. The number of benzene rings is 1. The molecule has 2 aromatic rings. The normalized spacial score (nSPS) is 14.9. The number of halogens is 1. The zero-order valence-electron chi connectivity index (χ0n) is 13.0. The number of amides is 1. The minimum Gasteiger partial charge on any atom is -0.497 e. The number of rotatable bonds is 4. The van der Waals surface area contributed by atoms with Crippen molar-refractivity contribution in [1.29, 1.82) is 0 Å². The highest BCUT2D eigenvalue weighted by Crippen LogP contribution is 2.22. The Morgan fingerprint density at radius 2 is 2.09 bits per heavy atom. The molecule has 6 nitrogen and oxygen atoms in total. The lowest BCUT2D eigenvalue weighted by atomic mass is 10.3. The SMILES string of the molecule is COc1cccc(-n2ccnc2N2CCN(C(=O)CCl)CC2)c1. The van der Waals surface area contributed by atoms with Crippen LogP contribution in [-0.2, 0) is 4.79 Å². The van der Waals surface area contributed by atoms with Gasteiger partial charge in [-0.15, -0.1) is 11.6 Å². The van der Waals surface area contributed by atoms with E-state index in [2.05, 4.69) is 9.88 Å². The average molecular weight is 335 g/mol. The van der Waals surface area contributed by atoms with Gasteiger partial charge in [0.05, 0.1) is 12.8 Å². The van der Waals surface area contributed by atoms with Gasteiger partial charge in [-0.05, 0) is 12.1 Å². The zero-order chi connectivity index (χ0) is 16.2. The first-order valence-corrected chi connectivity index (χ1v) is 8.03. The van der Waals surface area contributed by atoms with Crippen molar-refractivity contribution in [2.45, 2.75) is 0 Å². The molecule has 0 saturated carbocycles. The molecule has 7 heteroatoms. The molecule has 23 heavy (non-hydrogen) atoms. The molecule has 1 aliphatic heterocycles. The molecule has 1 fully saturated rings. The zero-order valence-corrected chi connectivity index (χ0v) is 13.7. The number of alkyl halides is 1. The van der Waals surface area contributed by atoms with Gasteiger partial charge in [-0.3, -0.25) is 9.36 Å². The molecule has 0 aliphatic carbocycles. The van der Waals surface area contributed by atoms with Crippen LogP contribution in [0.15, 0.2) is 36.7 Å². The van der Waals surface area contributed by atoms with Crippen LogP contribution in [0.25, 0.3) is 5.69 Å². The highest BCUT2D eigenvalue weighted by atomic mass is 35.5. The summed E-state index contributed by atoms with van der Waals surface area (Å²) in [6.07, 6.45) is 3.71. The molecule has 0 spiro atoms. The summed E-state index contributed by atoms with van der Waals surface area (Å²) in [4.78, 5) is 20.1. The fraction of sp³-hybridized carbons (Fsp3) is 0.375. The van der Waals surface area contributed by atoms with E-state index in [1.807, 2.05) is 35.0 Å². The van der Waals surface area contributed by atoms with Gasteiger partial charge in [-0.1, -0.05) is 6.07 Å². The molecule has 1 amide bonds. The van der Waals surface area contributed by atoms with Crippen molar-refractivity contribution in [2.75, 3.05) is 44.1 Å². The molecule has 0 N–H and O–H groups in total. The number of imidazole rings is 1. The lowest BCUT2D eigenvalue weighted by Gasteiger charge is -2.35. The third-order valence-corrected chi connectivity index (χ3v) is 4.21. The largest absolute Gasteiger partial charge is 0.497 e. The van der Waals surface area contributed by atoms with E-state index in [1.165, 1.54) is 0 Å². The van der Waals surface area contributed by atoms with Gasteiger partial charge in [0.15, 0.2) is 0 Å². The molecule has 1 saturated heterocycles. The number of carbonyl (C=O) groups excluding carboxylic acids is 1. The van der Waals surface area contributed by atoms with Crippen LogP contribution in [0.2, 0.25) is 0 Å². The van der Waals surface area contributed by atoms with Gasteiger partial charge in [-0.25, -0.2) is 4.98 Å². The van der Waals surface area contributed by atoms with E-state index in [0.717, 1.165) is 30.5 Å². The van der Waals surface area contributed by atoms with E-state index in [1.54, 1.807) is 18.2 Å². The quantitative estimate of drug-likeness (QED) is 0.800. The maximum Gasteiger partial charge on any atom is 0.237 e. The second-order valence-corrected chi connectivity index (χ2v) is 5.57. The van der Waals surface area contributed by atoms with Crippen molar-refractivity contribution in [3.8, 4) is 11.4 Å². The van der Waals surface area contributed by atoms with E-state index < -0.39 is 0 Å². The number of methoxy groups -OCH3 is 1. The molecule has 1 aromatic heterocycles. The molecular weight excluding hydrogens is 316 g/mol. The maximum atomic E-state index is 11.7. The Bertz CT molecular complexity index is 680. The number of piperazine rings is 1. The number of carbonyl (C=O) groups is 1. The van der Waals surface area contributed by atoms with Crippen molar-refractivity contribution in [1.82, 2.24) is 14.5 Å². The molecule has 122 valence electrons. The highest BCUT2D eigenvalue weighted by molar-refractivity contribution is 6.27. The fourth-order valence-corrected chi connectivity index (χ4v) is 2.90. The van der Waals surface area contributed by atoms with Crippen LogP contribution in [-0.4, -0.2) is 59.5 Å². The van der Waals surface area contributed by atoms with Crippen LogP contribution < -0.4 is 9.64 Å². The first-order chi connectivity index (χ1) is 11.2. The van der Waals surface area contributed by atoms with Crippen LogP contribution in [0, 0.1) is 0 Å². The summed E-state index contributed by atoms with van der Waals surface area (Å²) >= 11 is 5.62. The average Bonchev–Trinajstić information content (AvgIpc) is 3.11. The van der Waals surface area contributed by atoms with Crippen LogP contribution >= 0.6 is 11.6 Å². The summed E-state index contributed by atoms with van der Waals surface area (Å²) in [5, 5.41) is 0. The molecule has 0 bridgehead atoms. The van der Waals surface area contributed by atoms with Gasteiger partial charge in [0, 0.05) is 44.6 Å². The van der Waals surface area contributed by atoms with Crippen molar-refractivity contribution in [3.05, 3.63) is 36.7 Å². The second kappa shape index (κ2) is 6.91. The van der Waals surface area contributed by atoms with E-state index in [9.17, 15) is 4.79 Å². The predicted octanol–water partition coefficient (Wildman–Crippen LogP) is 1.77. The number of hydrogen-bond donors (Lipinski definition) is 0. The smallest absolute Gasteiger partial charge is 0.237 e. The van der Waals surface area contributed by atoms with Crippen molar-refractivity contribution in [3.63, 3.8) is 0 Å². The molecule has 1 aromatic carbocycles. The van der Waals surface area contributed by atoms with Gasteiger partial charge in [0.25, 0.3) is 0 Å². The molecule has 2 heterocycles. The van der Waals surface area contributed by atoms with Gasteiger partial charge < -0.3 is 14.5 Å². The summed E-state index contributed by atoms with van der Waals surface area (Å²) in [6, 6.07) is 7.85. The van der Waals surface area contributed by atoms with E-state index in [4.69, 9.17) is 16.3 Å². The molecule has 1 aliphatic rings. The van der Waals surface area contributed by atoms with Crippen LogP contribution in [0.5, 0.6) is 5.75 Å². The highest BCUT2D eigenvalue weighted by Gasteiger charge is 2.23. The number of ether oxygens (including phenoxy) is 1. The third kappa shape index (κ3) is 3.27. The van der Waals surface area contributed by atoms with Crippen molar-refractivity contribution >= 4 is 23.5 Å². The number of aromatic nitrogens is 2. The van der Waals surface area contributed by atoms with E-state index in [0.29, 0.717) is 13.1 Å². The molecular formula is C16H19ClN4O2. The van der Waals surface area contributed by atoms with Crippen LogP contribution in [0.1, 0.15) is 0 Å². The summed E-state index contributed by atoms with van der Waals surface area (Å²) < 4.78 is 7.32. The summed E-state index contributed by atoms with van der Waals surface area (Å²) in [5.74, 6) is 1.71. The summed E-state index contributed by atoms with van der Waals surface area (Å²) in [7, 11) is 1.65. The molecule has 0 atom stereocenters. The predicted molar refractivity (Wildman–Crippen MR) is 89.6 cm³/mol. The standard InChI is InChI=1S/C16H19ClN4O2/c1-23-14-4-2-3-13(11-14)21-6-5-18-16(21)20-9-7-19(8-10-20)15(22)12-17/h2-6,11H,7-10,12H2,1H3. The Kier molecular flexibility index (Phi) is 4.71.